The molecule has 0 saturated heterocycles. The SMILES string of the molecule is CN(C)S(=O)(=O)c1cc(CNC2CC2)sc1Br. The molecule has 0 bridgehead atoms. The molecule has 0 aliphatic heterocycles. The highest BCUT2D eigenvalue weighted by Gasteiger charge is 2.24. The van der Waals surface area contributed by atoms with Crippen LogP contribution < -0.4 is 5.32 Å². The Morgan fingerprint density at radius 3 is 2.71 bits per heavy atom. The number of hydrogen-bond acceptors (Lipinski definition) is 4. The minimum Gasteiger partial charge on any atom is -0.309 e. The van der Waals surface area contributed by atoms with Crippen LogP contribution >= 0.6 is 27.3 Å². The largest absolute Gasteiger partial charge is 0.309 e. The number of sulfonamides is 1. The van der Waals surface area contributed by atoms with E-state index < -0.39 is 10.0 Å². The third kappa shape index (κ3) is 3.08. The fraction of sp³-hybridized carbons (Fsp3) is 0.600. The lowest BCUT2D eigenvalue weighted by Gasteiger charge is -2.09. The summed E-state index contributed by atoms with van der Waals surface area (Å²) in [5.41, 5.74) is 0. The zero-order valence-corrected chi connectivity index (χ0v) is 13.0. The Morgan fingerprint density at radius 1 is 1.53 bits per heavy atom. The molecule has 1 saturated carbocycles. The van der Waals surface area contributed by atoms with E-state index in [0.717, 1.165) is 11.4 Å². The molecule has 1 fully saturated rings. The number of hydrogen-bond donors (Lipinski definition) is 1. The van der Waals surface area contributed by atoms with Gasteiger partial charge in [0, 0.05) is 31.6 Å². The summed E-state index contributed by atoms with van der Waals surface area (Å²) in [4.78, 5) is 1.41. The lowest BCUT2D eigenvalue weighted by atomic mass is 10.4. The second-order valence-corrected chi connectivity index (χ2v) is 8.87. The Hall–Kier alpha value is 0.0500. The van der Waals surface area contributed by atoms with Crippen LogP contribution in [0, 0.1) is 0 Å². The molecule has 96 valence electrons. The van der Waals surface area contributed by atoms with Crippen LogP contribution in [0.2, 0.25) is 0 Å². The van der Waals surface area contributed by atoms with Gasteiger partial charge in [0.15, 0.2) is 0 Å². The van der Waals surface area contributed by atoms with Crippen molar-refractivity contribution < 1.29 is 8.42 Å². The molecule has 17 heavy (non-hydrogen) atoms. The topological polar surface area (TPSA) is 49.4 Å². The lowest BCUT2D eigenvalue weighted by Crippen LogP contribution is -2.22. The predicted molar refractivity (Wildman–Crippen MR) is 72.8 cm³/mol. The fourth-order valence-corrected chi connectivity index (χ4v) is 4.87. The van der Waals surface area contributed by atoms with E-state index in [2.05, 4.69) is 21.2 Å². The fourth-order valence-electron chi connectivity index (χ4n) is 1.39. The van der Waals surface area contributed by atoms with Crippen LogP contribution in [0.5, 0.6) is 0 Å². The maximum absolute atomic E-state index is 12.0. The smallest absolute Gasteiger partial charge is 0.244 e. The van der Waals surface area contributed by atoms with Crippen LogP contribution in [-0.4, -0.2) is 32.9 Å². The van der Waals surface area contributed by atoms with Gasteiger partial charge in [-0.1, -0.05) is 0 Å². The third-order valence-electron chi connectivity index (χ3n) is 2.61. The van der Waals surface area contributed by atoms with Crippen molar-refractivity contribution in [1.29, 1.82) is 0 Å². The average molecular weight is 339 g/mol. The second-order valence-electron chi connectivity index (χ2n) is 4.29. The van der Waals surface area contributed by atoms with Crippen molar-refractivity contribution in [3.05, 3.63) is 14.7 Å². The normalized spacial score (nSPS) is 16.7. The molecule has 0 radical (unpaired) electrons. The van der Waals surface area contributed by atoms with E-state index >= 15 is 0 Å². The highest BCUT2D eigenvalue weighted by Crippen LogP contribution is 2.33. The highest BCUT2D eigenvalue weighted by molar-refractivity contribution is 9.11. The van der Waals surface area contributed by atoms with Crippen LogP contribution in [0.3, 0.4) is 0 Å². The van der Waals surface area contributed by atoms with Crippen LogP contribution in [0.25, 0.3) is 0 Å². The lowest BCUT2D eigenvalue weighted by molar-refractivity contribution is 0.520. The summed E-state index contributed by atoms with van der Waals surface area (Å²) < 4.78 is 25.9. The Balaban J connectivity index is 2.17. The molecule has 0 atom stereocenters. The van der Waals surface area contributed by atoms with E-state index in [4.69, 9.17) is 0 Å². The third-order valence-corrected chi connectivity index (χ3v) is 6.67. The average Bonchev–Trinajstić information content (AvgIpc) is 2.98. The van der Waals surface area contributed by atoms with Gasteiger partial charge in [-0.25, -0.2) is 12.7 Å². The zero-order chi connectivity index (χ0) is 12.6. The van der Waals surface area contributed by atoms with Crippen molar-refractivity contribution >= 4 is 37.3 Å². The van der Waals surface area contributed by atoms with E-state index in [-0.39, 0.29) is 0 Å². The first-order valence-corrected chi connectivity index (χ1v) is 8.40. The molecule has 0 spiro atoms. The quantitative estimate of drug-likeness (QED) is 0.893. The van der Waals surface area contributed by atoms with Gasteiger partial charge in [-0.15, -0.1) is 11.3 Å². The van der Waals surface area contributed by atoms with E-state index in [0.29, 0.717) is 14.7 Å². The van der Waals surface area contributed by atoms with Gasteiger partial charge in [0.1, 0.15) is 4.90 Å². The van der Waals surface area contributed by atoms with E-state index in [1.54, 1.807) is 20.2 Å². The summed E-state index contributed by atoms with van der Waals surface area (Å²) in [7, 11) is -0.254. The second kappa shape index (κ2) is 4.97. The Morgan fingerprint density at radius 2 is 2.18 bits per heavy atom. The van der Waals surface area contributed by atoms with Gasteiger partial charge in [0.25, 0.3) is 0 Å². The van der Waals surface area contributed by atoms with Gasteiger partial charge in [-0.05, 0) is 34.8 Å². The summed E-state index contributed by atoms with van der Waals surface area (Å²) in [6, 6.07) is 2.38. The van der Waals surface area contributed by atoms with Crippen LogP contribution in [0.15, 0.2) is 14.7 Å². The maximum atomic E-state index is 12.0. The summed E-state index contributed by atoms with van der Waals surface area (Å²) in [6.45, 7) is 0.747. The van der Waals surface area contributed by atoms with Gasteiger partial charge in [0.05, 0.1) is 3.79 Å². The molecule has 1 N–H and O–H groups in total. The van der Waals surface area contributed by atoms with Crippen LogP contribution in [0.1, 0.15) is 17.7 Å². The van der Waals surface area contributed by atoms with Gasteiger partial charge in [-0.3, -0.25) is 0 Å². The zero-order valence-electron chi connectivity index (χ0n) is 9.73. The van der Waals surface area contributed by atoms with Gasteiger partial charge >= 0.3 is 0 Å². The molecule has 1 aliphatic carbocycles. The Labute approximate surface area is 114 Å². The number of nitrogens with one attached hydrogen (secondary N) is 1. The number of halogens is 1. The molecule has 7 heteroatoms. The first-order valence-electron chi connectivity index (χ1n) is 5.35. The summed E-state index contributed by atoms with van der Waals surface area (Å²) in [5, 5.41) is 3.38. The molecule has 0 aromatic carbocycles. The molecular weight excluding hydrogens is 324 g/mol. The minimum absolute atomic E-state index is 0.361. The highest BCUT2D eigenvalue weighted by atomic mass is 79.9. The molecule has 4 nitrogen and oxygen atoms in total. The molecule has 1 aliphatic rings. The Kier molecular flexibility index (Phi) is 3.94. The molecule has 0 unspecified atom stereocenters. The molecule has 1 aromatic rings. The summed E-state index contributed by atoms with van der Waals surface area (Å²) in [5.74, 6) is 0. The monoisotopic (exact) mass is 338 g/mol. The number of thiophene rings is 1. The van der Waals surface area contributed by atoms with Crippen LogP contribution in [0.4, 0.5) is 0 Å². The van der Waals surface area contributed by atoms with Crippen molar-refractivity contribution in [2.24, 2.45) is 0 Å². The molecule has 1 heterocycles. The number of nitrogens with zero attached hydrogens (tertiary/aromatic N) is 1. The first kappa shape index (κ1) is 13.5. The number of rotatable bonds is 5. The van der Waals surface area contributed by atoms with Crippen molar-refractivity contribution in [1.82, 2.24) is 9.62 Å². The van der Waals surface area contributed by atoms with Gasteiger partial charge < -0.3 is 5.32 Å². The molecule has 1 aromatic heterocycles. The van der Waals surface area contributed by atoms with E-state index in [9.17, 15) is 8.42 Å². The summed E-state index contributed by atoms with van der Waals surface area (Å²) >= 11 is 4.81. The van der Waals surface area contributed by atoms with Gasteiger partial charge in [0.2, 0.25) is 10.0 Å². The Bertz CT molecular complexity index is 506. The van der Waals surface area contributed by atoms with Crippen LogP contribution in [-0.2, 0) is 16.6 Å². The minimum atomic E-state index is -3.34. The molecule has 0 amide bonds. The predicted octanol–water partition coefficient (Wildman–Crippen LogP) is 2.01. The first-order chi connectivity index (χ1) is 7.91. The standard InChI is InChI=1S/C10H15BrN2O2S2/c1-13(2)17(14,15)9-5-8(16-10(9)11)6-12-7-3-4-7/h5,7,12H,3-4,6H2,1-2H3. The summed E-state index contributed by atoms with van der Waals surface area (Å²) in [6.07, 6.45) is 2.46. The molecular formula is C10H15BrN2O2S2. The van der Waals surface area contributed by atoms with Crippen molar-refractivity contribution in [2.45, 2.75) is 30.3 Å². The molecule has 2 rings (SSSR count). The van der Waals surface area contributed by atoms with Crippen molar-refractivity contribution in [3.8, 4) is 0 Å². The van der Waals surface area contributed by atoms with Crippen molar-refractivity contribution in [3.63, 3.8) is 0 Å². The van der Waals surface area contributed by atoms with E-state index in [1.807, 2.05) is 0 Å². The van der Waals surface area contributed by atoms with Crippen molar-refractivity contribution in [2.75, 3.05) is 14.1 Å². The van der Waals surface area contributed by atoms with E-state index in [1.165, 1.54) is 28.5 Å². The van der Waals surface area contributed by atoms with Gasteiger partial charge in [-0.2, -0.15) is 0 Å². The maximum Gasteiger partial charge on any atom is 0.244 e.